The second kappa shape index (κ2) is 38.9. The van der Waals surface area contributed by atoms with Gasteiger partial charge in [0.1, 0.15) is 72.6 Å². The zero-order valence-corrected chi connectivity index (χ0v) is 83.0. The molecule has 6 atom stereocenters. The molecular formula is C86H138BrIN14O12Si4. The first-order valence-corrected chi connectivity index (χ1v) is 59.5. The van der Waals surface area contributed by atoms with Crippen molar-refractivity contribution in [2.24, 2.45) is 0 Å². The van der Waals surface area contributed by atoms with E-state index in [9.17, 15) is 19.2 Å². The minimum atomic E-state index is -1.31. The Morgan fingerprint density at radius 1 is 0.449 bits per heavy atom. The summed E-state index contributed by atoms with van der Waals surface area (Å²) >= 11 is 5.66. The van der Waals surface area contributed by atoms with Gasteiger partial charge in [-0.2, -0.15) is 19.2 Å². The van der Waals surface area contributed by atoms with Crippen LogP contribution >= 0.6 is 38.5 Å². The van der Waals surface area contributed by atoms with Gasteiger partial charge in [0, 0.05) is 158 Å². The van der Waals surface area contributed by atoms with Gasteiger partial charge in [-0.3, -0.25) is 9.80 Å². The summed E-state index contributed by atoms with van der Waals surface area (Å²) < 4.78 is 53.9. The molecule has 4 aliphatic heterocycles. The highest BCUT2D eigenvalue weighted by atomic mass is 127. The molecule has 0 aromatic carbocycles. The molecule has 32 heteroatoms. The van der Waals surface area contributed by atoms with E-state index in [-0.39, 0.29) is 72.5 Å². The Hall–Kier alpha value is -5.86. The number of aromatic nitrogens is 8. The van der Waals surface area contributed by atoms with E-state index in [4.69, 9.17) is 63.0 Å². The number of amides is 4. The minimum Gasteiger partial charge on any atom is -0.444 e. The van der Waals surface area contributed by atoms with Crippen molar-refractivity contribution < 1.29 is 57.1 Å². The molecule has 26 nitrogen and oxygen atoms in total. The molecule has 2 saturated carbocycles. The highest BCUT2D eigenvalue weighted by Gasteiger charge is 2.48. The number of hydrogen-bond acceptors (Lipinski definition) is 20. The fraction of sp³-hybridized carbons (Fsp3) is 0.698. The van der Waals surface area contributed by atoms with E-state index >= 15 is 0 Å². The number of ether oxygens (including phenoxy) is 8. The van der Waals surface area contributed by atoms with Gasteiger partial charge in [0.2, 0.25) is 0 Å². The van der Waals surface area contributed by atoms with Crippen molar-refractivity contribution in [2.75, 3.05) is 73.0 Å². The maximum absolute atomic E-state index is 13.4. The molecular weight excluding hydrogens is 1740 g/mol. The molecule has 654 valence electrons. The lowest BCUT2D eigenvalue weighted by Gasteiger charge is -2.39. The predicted molar refractivity (Wildman–Crippen MR) is 492 cm³/mol. The number of pyridine rings is 2. The van der Waals surface area contributed by atoms with Crippen molar-refractivity contribution in [1.29, 1.82) is 0 Å². The van der Waals surface area contributed by atoms with Gasteiger partial charge < -0.3 is 57.5 Å². The van der Waals surface area contributed by atoms with Gasteiger partial charge in [-0.25, -0.2) is 39.1 Å². The lowest BCUT2D eigenvalue weighted by Crippen LogP contribution is -2.48. The fourth-order valence-corrected chi connectivity index (χ4v) is 18.7. The number of rotatable bonds is 29. The Morgan fingerprint density at radius 2 is 0.788 bits per heavy atom. The molecule has 0 radical (unpaired) electrons. The van der Waals surface area contributed by atoms with Crippen molar-refractivity contribution in [3.8, 4) is 11.1 Å². The number of carbonyl (C=O) groups excluding carboxylic acids is 4. The summed E-state index contributed by atoms with van der Waals surface area (Å²) in [7, 11) is -5.02. The Balaban J connectivity index is 0.000000212. The smallest absolute Gasteiger partial charge is 0.416 e. The van der Waals surface area contributed by atoms with Crippen molar-refractivity contribution in [2.45, 2.75) is 333 Å². The molecule has 12 rings (SSSR count). The van der Waals surface area contributed by atoms with Crippen molar-refractivity contribution in [1.82, 2.24) is 49.0 Å². The number of carbonyl (C=O) groups is 4. The van der Waals surface area contributed by atoms with Crippen LogP contribution in [0.5, 0.6) is 0 Å². The third kappa shape index (κ3) is 28.1. The predicted octanol–water partition coefficient (Wildman–Crippen LogP) is 20.9. The average Bonchev–Trinajstić information content (AvgIpc) is 1.56. The van der Waals surface area contributed by atoms with Crippen LogP contribution in [0.4, 0.5) is 42.4 Å². The first-order valence-electron chi connectivity index (χ1n) is 42.8. The minimum absolute atomic E-state index is 0.0842. The molecule has 4 bridgehead atoms. The van der Waals surface area contributed by atoms with E-state index in [1.54, 1.807) is 22.2 Å². The Kier molecular flexibility index (Phi) is 31.1. The van der Waals surface area contributed by atoms with Crippen LogP contribution in [0.25, 0.3) is 22.4 Å². The first kappa shape index (κ1) is 94.4. The quantitative estimate of drug-likeness (QED) is 0.0139. The van der Waals surface area contributed by atoms with Crippen LogP contribution in [0, 0.1) is 3.57 Å². The van der Waals surface area contributed by atoms with Gasteiger partial charge in [-0.1, -0.05) is 78.6 Å². The number of piperidine rings is 2. The number of halogens is 2. The number of anilines is 4. The highest BCUT2D eigenvalue weighted by molar-refractivity contribution is 14.1. The molecule has 4 saturated heterocycles. The standard InChI is InChI=1S/C43H69N7O6Si2.C30H52IN5O4Si2.C13H17BrN2O2/c1-42(2,3)55-40(51)48-33-16-17-34(48)24-31(23-33)36-25-38(47(28-53-19-21-57(7,8)9)29-54-20-22-58(10,11)12)50-39(46-36)35(27-45-50)30-13-18-37(44-26-30)49(32-14-15-32)41(52)56-43(4,5)6;1-30(2,3)40-29(37)35-23-10-11-24(35)17-22(16-23)26-18-27(36-28(33-26)25(31)19-32-36)34(20-38-12-14-41(4,5)6)21-39-13-15-42(7,8)9;1-13(2,3)18-12(17)16(10-5-6-10)11-7-4-9(14)8-15-11/h13,18,25-27,31-34H,14-17,19-24,28-29H2,1-12H3;18-19,22-24H,10-17,20-21H2,1-9H3;4,7-8,10H,5-6H2,1-3H3/t31?,33-,34+;22?,23-,24+;. The summed E-state index contributed by atoms with van der Waals surface area (Å²) in [5.74, 6) is 3.40. The molecule has 6 aromatic rings. The van der Waals surface area contributed by atoms with E-state index in [0.29, 0.717) is 57.4 Å². The third-order valence-corrected chi connectivity index (χ3v) is 29.4. The molecule has 6 aliphatic rings. The van der Waals surface area contributed by atoms with Gasteiger partial charge in [0.25, 0.3) is 0 Å². The second-order valence-electron chi connectivity index (χ2n) is 41.9. The Bertz CT molecular complexity index is 4280. The highest BCUT2D eigenvalue weighted by Crippen LogP contribution is 2.47. The maximum Gasteiger partial charge on any atom is 0.416 e. The number of fused-ring (bicyclic) bond motifs is 6. The van der Waals surface area contributed by atoms with Gasteiger partial charge in [-0.05, 0) is 247 Å². The lowest BCUT2D eigenvalue weighted by atomic mass is 9.88. The lowest BCUT2D eigenvalue weighted by molar-refractivity contribution is 0.00459. The molecule has 10 heterocycles. The number of hydrogen-bond donors (Lipinski definition) is 0. The summed E-state index contributed by atoms with van der Waals surface area (Å²) in [6.45, 7) is 55.6. The summed E-state index contributed by atoms with van der Waals surface area (Å²) in [6.07, 6.45) is 17.3. The molecule has 4 amide bonds. The van der Waals surface area contributed by atoms with Gasteiger partial charge in [-0.15, -0.1) is 0 Å². The van der Waals surface area contributed by atoms with Crippen LogP contribution in [0.15, 0.2) is 65.7 Å². The molecule has 6 fully saturated rings. The summed E-state index contributed by atoms with van der Waals surface area (Å²) in [5.41, 5.74) is 3.14. The molecule has 0 N–H and O–H groups in total. The SMILES string of the molecule is CC(C)(C)OC(=O)N(c1ccc(-c2cnn3c(N(COCC[Si](C)(C)C)COCC[Si](C)(C)C)cc(C4C[C@H]5CC[C@@H](C4)N5C(=O)OC(C)(C)C)nc23)cn1)C1CC1.CC(C)(C)OC(=O)N(c1ccc(Br)cn1)C1CC1.CC(C)(C)OC(=O)N1[C@@H]2CC[C@H]1CC(c1cc(N(COCC[Si](C)(C)C)COCC[Si](C)(C)C)n3ncc(I)c3n1)C2. The van der Waals surface area contributed by atoms with Crippen molar-refractivity contribution in [3.05, 3.63) is 80.6 Å². The number of nitrogens with zero attached hydrogens (tertiary/aromatic N) is 14. The first-order chi connectivity index (χ1) is 54.9. The van der Waals surface area contributed by atoms with E-state index in [1.165, 1.54) is 0 Å². The van der Waals surface area contributed by atoms with E-state index in [1.807, 2.05) is 139 Å². The van der Waals surface area contributed by atoms with Gasteiger partial charge >= 0.3 is 24.4 Å². The summed E-state index contributed by atoms with van der Waals surface area (Å²) in [6, 6.07) is 17.2. The summed E-state index contributed by atoms with van der Waals surface area (Å²) in [5, 5.41) is 9.66. The van der Waals surface area contributed by atoms with Crippen molar-refractivity contribution in [3.63, 3.8) is 0 Å². The van der Waals surface area contributed by atoms with Crippen LogP contribution in [0.2, 0.25) is 103 Å². The average molecular weight is 1880 g/mol. The summed E-state index contributed by atoms with van der Waals surface area (Å²) in [4.78, 5) is 83.1. The topological polar surface area (TPSA) is 248 Å². The maximum atomic E-state index is 13.4. The van der Waals surface area contributed by atoms with Gasteiger partial charge in [0.05, 0.1) is 16.0 Å². The van der Waals surface area contributed by atoms with Crippen LogP contribution in [-0.2, 0) is 37.9 Å². The van der Waals surface area contributed by atoms with E-state index < -0.39 is 54.7 Å². The monoisotopic (exact) mass is 1880 g/mol. The molecule has 6 aromatic heterocycles. The van der Waals surface area contributed by atoms with Crippen LogP contribution < -0.4 is 19.6 Å². The molecule has 2 unspecified atom stereocenters. The van der Waals surface area contributed by atoms with E-state index in [2.05, 4.69) is 144 Å². The zero-order valence-electron chi connectivity index (χ0n) is 75.3. The normalized spacial score (nSPS) is 19.8. The van der Waals surface area contributed by atoms with Crippen LogP contribution in [0.3, 0.4) is 0 Å². The Morgan fingerprint density at radius 3 is 1.11 bits per heavy atom. The fourth-order valence-electron chi connectivity index (χ4n) is 14.9. The zero-order chi connectivity index (χ0) is 86.4. The van der Waals surface area contributed by atoms with Gasteiger partial charge in [0.15, 0.2) is 11.3 Å². The molecule has 0 spiro atoms. The van der Waals surface area contributed by atoms with Crippen LogP contribution in [0.1, 0.15) is 183 Å². The van der Waals surface area contributed by atoms with E-state index in [0.717, 1.165) is 162 Å². The largest absolute Gasteiger partial charge is 0.444 e. The van der Waals surface area contributed by atoms with Crippen LogP contribution in [-0.4, -0.2) is 218 Å². The molecule has 2 aliphatic carbocycles. The second-order valence-corrected chi connectivity index (χ2v) is 66.4. The molecule has 118 heavy (non-hydrogen) atoms. The Labute approximate surface area is 728 Å². The van der Waals surface area contributed by atoms with Crippen molar-refractivity contribution >= 4 is 130 Å². The third-order valence-electron chi connectivity index (χ3n) is 21.3.